The molecule has 0 aliphatic carbocycles. The number of carbonyl (C=O) groups excluding carboxylic acids is 2. The lowest BCUT2D eigenvalue weighted by molar-refractivity contribution is -0.107. The van der Waals surface area contributed by atoms with Crippen LogP contribution in [0.5, 0.6) is 0 Å². The number of nitrogens with one attached hydrogen (secondary N) is 1. The molecule has 0 aliphatic heterocycles. The van der Waals surface area contributed by atoms with Gasteiger partial charge in [-0.15, -0.1) is 0 Å². The van der Waals surface area contributed by atoms with Crippen molar-refractivity contribution >= 4 is 33.7 Å². The predicted molar refractivity (Wildman–Crippen MR) is 149 cm³/mol. The highest BCUT2D eigenvalue weighted by Crippen LogP contribution is 2.28. The summed E-state index contributed by atoms with van der Waals surface area (Å²) in [5.41, 5.74) is 4.74. The van der Waals surface area contributed by atoms with E-state index in [0.29, 0.717) is 11.1 Å². The molecule has 2 aromatic rings. The van der Waals surface area contributed by atoms with Gasteiger partial charge in [-0.3, -0.25) is 4.79 Å². The summed E-state index contributed by atoms with van der Waals surface area (Å²) in [7, 11) is 1.77. The first kappa shape index (κ1) is 19.1. The number of hydrogen-bond donors (Lipinski definition) is 1. The molecule has 2 rings (SSSR count). The fourth-order valence-electron chi connectivity index (χ4n) is 2.52. The quantitative estimate of drug-likeness (QED) is 0.380. The van der Waals surface area contributed by atoms with Crippen molar-refractivity contribution < 1.29 is 50.7 Å². The zero-order valence-corrected chi connectivity index (χ0v) is 15.0. The molecule has 0 saturated heterocycles. The van der Waals surface area contributed by atoms with Crippen LogP contribution in [0.2, 0.25) is 0 Å². The van der Waals surface area contributed by atoms with Crippen LogP contribution < -0.4 is 5.32 Å². The molecule has 2 aromatic carbocycles. The summed E-state index contributed by atoms with van der Waals surface area (Å²) in [6, 6.07) is 9.34. The van der Waals surface area contributed by atoms with Crippen molar-refractivity contribution in [2.24, 2.45) is 0 Å². The van der Waals surface area contributed by atoms with Gasteiger partial charge in [-0.25, -0.2) is 0 Å². The Morgan fingerprint density at radius 1 is 1.22 bits per heavy atom. The molecule has 0 amide bonds. The van der Waals surface area contributed by atoms with Crippen LogP contribution in [0, 0.1) is 13.8 Å². The average molecular weight is 429 g/mol. The average Bonchev–Trinajstić information content (AvgIpc) is 2.51. The SMILES string of the molecule is CNc1c(CC=O)ccc(C)c1C(=O)c1ccc(Br)c(C)c1.O.[HH].[HH].[HH].[HH].[HH].[HH].[HH].[HH].[HH].[HH].[HH].[HH].[HH].[HH].[HH].[HH].[HH].[HH].[HH].[HH].[HH].[HH].[HH].[HH].[HH]. The van der Waals surface area contributed by atoms with Gasteiger partial charge >= 0.3 is 0 Å². The molecule has 0 unspecified atom stereocenters. The number of aryl methyl sites for hydroxylation is 2. The topological polar surface area (TPSA) is 77.7 Å². The summed E-state index contributed by atoms with van der Waals surface area (Å²) >= 11 is 3.45. The van der Waals surface area contributed by atoms with E-state index in [4.69, 9.17) is 0 Å². The third-order valence-corrected chi connectivity index (χ3v) is 4.59. The van der Waals surface area contributed by atoms with Crippen molar-refractivity contribution in [3.8, 4) is 0 Å². The maximum Gasteiger partial charge on any atom is 0.195 e. The molecule has 0 heterocycles. The highest BCUT2D eigenvalue weighted by atomic mass is 79.9. The van der Waals surface area contributed by atoms with Crippen LogP contribution in [0.3, 0.4) is 0 Å². The molecule has 172 valence electrons. The molecule has 0 fully saturated rings. The maximum atomic E-state index is 12.9. The molecule has 0 radical (unpaired) electrons. The third-order valence-electron chi connectivity index (χ3n) is 3.70. The Bertz CT molecular complexity index is 789. The van der Waals surface area contributed by atoms with Gasteiger partial charge in [0.05, 0.1) is 0 Å². The van der Waals surface area contributed by atoms with Crippen LogP contribution in [-0.4, -0.2) is 24.6 Å². The van der Waals surface area contributed by atoms with Crippen LogP contribution in [-0.2, 0) is 11.2 Å². The minimum atomic E-state index is -0.0369. The number of benzene rings is 2. The first-order valence-electron chi connectivity index (χ1n) is 7.04. The van der Waals surface area contributed by atoms with Crippen LogP contribution in [0.1, 0.15) is 68.3 Å². The lowest BCUT2D eigenvalue weighted by atomic mass is 9.93. The Hall–Kier alpha value is -1.98. The smallest absolute Gasteiger partial charge is 0.195 e. The molecule has 5 heteroatoms. The number of ketones is 1. The van der Waals surface area contributed by atoms with Crippen molar-refractivity contribution in [1.82, 2.24) is 0 Å². The Kier molecular flexibility index (Phi) is 6.66. The zero-order chi connectivity index (χ0) is 16.3. The molecule has 23 heavy (non-hydrogen) atoms. The Morgan fingerprint density at radius 3 is 2.48 bits per heavy atom. The fourth-order valence-corrected chi connectivity index (χ4v) is 2.76. The van der Waals surface area contributed by atoms with Gasteiger partial charge in [-0.05, 0) is 48.7 Å². The molecule has 3 N–H and O–H groups in total. The summed E-state index contributed by atoms with van der Waals surface area (Å²) in [6.45, 7) is 3.86. The summed E-state index contributed by atoms with van der Waals surface area (Å²) in [5.74, 6) is -0.0369. The molecule has 0 aromatic heterocycles. The summed E-state index contributed by atoms with van der Waals surface area (Å²) in [5, 5.41) is 3.08. The number of halogens is 1. The second-order valence-electron chi connectivity index (χ2n) is 5.21. The second-order valence-corrected chi connectivity index (χ2v) is 6.06. The lowest BCUT2D eigenvalue weighted by Crippen LogP contribution is -2.10. The van der Waals surface area contributed by atoms with Gasteiger partial charge in [-0.2, -0.15) is 0 Å². The number of rotatable bonds is 5. The van der Waals surface area contributed by atoms with E-state index in [-0.39, 0.29) is 53.3 Å². The molecule has 0 spiro atoms. The fraction of sp³-hybridized carbons (Fsp3) is 0.222. The molecule has 4 nitrogen and oxygen atoms in total. The molecule has 0 atom stereocenters. The minimum Gasteiger partial charge on any atom is -0.412 e. The molecule has 0 saturated carbocycles. The largest absolute Gasteiger partial charge is 0.412 e. The van der Waals surface area contributed by atoms with Gasteiger partial charge in [0.1, 0.15) is 6.29 Å². The van der Waals surface area contributed by atoms with Gasteiger partial charge < -0.3 is 15.6 Å². The predicted octanol–water partition coefficient (Wildman–Crippen LogP) is 9.41. The van der Waals surface area contributed by atoms with E-state index in [9.17, 15) is 9.59 Å². The molecular formula is C18H70BrNO3. The van der Waals surface area contributed by atoms with Crippen LogP contribution in [0.15, 0.2) is 34.8 Å². The first-order chi connectivity index (χ1) is 10.5. The van der Waals surface area contributed by atoms with Gasteiger partial charge in [0, 0.05) is 70.4 Å². The van der Waals surface area contributed by atoms with E-state index in [2.05, 4.69) is 21.2 Å². The summed E-state index contributed by atoms with van der Waals surface area (Å²) < 4.78 is 0.976. The van der Waals surface area contributed by atoms with Crippen molar-refractivity contribution in [3.63, 3.8) is 0 Å². The monoisotopic (exact) mass is 427 g/mol. The van der Waals surface area contributed by atoms with Crippen molar-refractivity contribution in [2.45, 2.75) is 20.3 Å². The second kappa shape index (κ2) is 8.04. The van der Waals surface area contributed by atoms with Gasteiger partial charge in [0.2, 0.25) is 0 Å². The van der Waals surface area contributed by atoms with Crippen molar-refractivity contribution in [3.05, 3.63) is 62.6 Å². The number of anilines is 1. The molecular weight excluding hydrogens is 358 g/mol. The van der Waals surface area contributed by atoms with Crippen molar-refractivity contribution in [1.29, 1.82) is 0 Å². The summed E-state index contributed by atoms with van der Waals surface area (Å²) in [4.78, 5) is 23.8. The van der Waals surface area contributed by atoms with E-state index >= 15 is 0 Å². The van der Waals surface area contributed by atoms with E-state index in [0.717, 1.165) is 33.1 Å². The van der Waals surface area contributed by atoms with Gasteiger partial charge in [0.15, 0.2) is 5.78 Å². The van der Waals surface area contributed by atoms with Crippen LogP contribution in [0.25, 0.3) is 0 Å². The van der Waals surface area contributed by atoms with Crippen molar-refractivity contribution in [2.75, 3.05) is 12.4 Å². The lowest BCUT2D eigenvalue weighted by Gasteiger charge is -2.15. The minimum absolute atomic E-state index is 0. The van der Waals surface area contributed by atoms with E-state index < -0.39 is 0 Å². The molecule has 0 bridgehead atoms. The van der Waals surface area contributed by atoms with Gasteiger partial charge in [0.25, 0.3) is 0 Å². The van der Waals surface area contributed by atoms with Crippen LogP contribution in [0.4, 0.5) is 5.69 Å². The van der Waals surface area contributed by atoms with E-state index in [1.807, 2.05) is 44.2 Å². The normalized spacial score (nSPS) is 9.91. The third kappa shape index (κ3) is 3.86. The van der Waals surface area contributed by atoms with Gasteiger partial charge in [-0.1, -0.05) is 28.1 Å². The number of aldehydes is 1. The Morgan fingerprint density at radius 2 is 1.91 bits per heavy atom. The highest BCUT2D eigenvalue weighted by molar-refractivity contribution is 9.10. The van der Waals surface area contributed by atoms with E-state index in [1.54, 1.807) is 7.05 Å². The van der Waals surface area contributed by atoms with E-state index in [1.165, 1.54) is 0 Å². The molecule has 0 aliphatic rings. The first-order valence-corrected chi connectivity index (χ1v) is 7.83. The van der Waals surface area contributed by atoms with Crippen LogP contribution >= 0.6 is 15.9 Å². The maximum absolute atomic E-state index is 12.9. The number of carbonyl (C=O) groups is 2. The Labute approximate surface area is 181 Å². The zero-order valence-electron chi connectivity index (χ0n) is 13.4. The Balaban J connectivity index is -0.00000000885. The number of hydrogen-bond acceptors (Lipinski definition) is 3. The summed E-state index contributed by atoms with van der Waals surface area (Å²) in [6.07, 6.45) is 1.14. The standard InChI is InChI=1S/C18H18BrNO2.H2O.25H2/c1-11-4-5-13(8-9-21)17(20-3)16(11)18(22)14-6-7-15(19)12(2)10-14;;;;;;;;;;;;;;;;;;;;;;;;;;/h4-7,9-10,20H,8H2,1-3H3;1H2;25*1H. The highest BCUT2D eigenvalue weighted by Gasteiger charge is 2.19.